The molecule has 100 valence electrons. The number of hydrogen-bond donors (Lipinski definition) is 3. The summed E-state index contributed by atoms with van der Waals surface area (Å²) in [6.07, 6.45) is 5.58. The van der Waals surface area contributed by atoms with Crippen molar-refractivity contribution in [2.24, 2.45) is 11.7 Å². The lowest BCUT2D eigenvalue weighted by molar-refractivity contribution is 0.218. The Balaban J connectivity index is 2.40. The van der Waals surface area contributed by atoms with E-state index in [0.29, 0.717) is 18.5 Å². The highest BCUT2D eigenvalue weighted by Gasteiger charge is 2.27. The summed E-state index contributed by atoms with van der Waals surface area (Å²) in [4.78, 5) is 11.9. The van der Waals surface area contributed by atoms with E-state index in [-0.39, 0.29) is 11.6 Å². The number of nitrogens with one attached hydrogen (secondary N) is 2. The van der Waals surface area contributed by atoms with Gasteiger partial charge in [-0.05, 0) is 32.1 Å². The van der Waals surface area contributed by atoms with Crippen LogP contribution >= 0.6 is 0 Å². The number of urea groups is 1. The van der Waals surface area contributed by atoms with Crippen LogP contribution in [-0.4, -0.2) is 24.2 Å². The largest absolute Gasteiger partial charge is 0.335 e. The molecule has 0 heterocycles. The summed E-state index contributed by atoms with van der Waals surface area (Å²) in [5.41, 5.74) is 5.47. The molecule has 1 unspecified atom stereocenters. The Labute approximate surface area is 105 Å². The summed E-state index contributed by atoms with van der Waals surface area (Å²) in [5.74, 6) is 0.523. The van der Waals surface area contributed by atoms with Gasteiger partial charge < -0.3 is 16.4 Å². The van der Waals surface area contributed by atoms with E-state index in [0.717, 1.165) is 19.3 Å². The molecule has 4 heteroatoms. The third-order valence-corrected chi connectivity index (χ3v) is 3.41. The number of carbonyl (C=O) groups is 1. The van der Waals surface area contributed by atoms with Gasteiger partial charge in [0.15, 0.2) is 0 Å². The van der Waals surface area contributed by atoms with Crippen molar-refractivity contribution in [3.05, 3.63) is 0 Å². The maximum Gasteiger partial charge on any atom is 0.315 e. The average molecular weight is 241 g/mol. The third-order valence-electron chi connectivity index (χ3n) is 3.41. The Hall–Kier alpha value is -0.770. The molecular weight excluding hydrogens is 214 g/mol. The van der Waals surface area contributed by atoms with Gasteiger partial charge in [-0.1, -0.05) is 26.7 Å². The van der Waals surface area contributed by atoms with Crippen molar-refractivity contribution in [3.63, 3.8) is 0 Å². The van der Waals surface area contributed by atoms with Crippen molar-refractivity contribution in [1.82, 2.24) is 10.6 Å². The van der Waals surface area contributed by atoms with E-state index in [2.05, 4.69) is 24.5 Å². The maximum absolute atomic E-state index is 11.9. The monoisotopic (exact) mass is 241 g/mol. The molecule has 1 fully saturated rings. The molecule has 1 saturated carbocycles. The lowest BCUT2D eigenvalue weighted by atomic mass is 9.91. The highest BCUT2D eigenvalue weighted by molar-refractivity contribution is 5.75. The van der Waals surface area contributed by atoms with Crippen LogP contribution in [0.3, 0.4) is 0 Å². The predicted molar refractivity (Wildman–Crippen MR) is 70.8 cm³/mol. The third kappa shape index (κ3) is 4.94. The highest BCUT2D eigenvalue weighted by atomic mass is 16.2. The van der Waals surface area contributed by atoms with E-state index in [9.17, 15) is 4.79 Å². The van der Waals surface area contributed by atoms with Crippen molar-refractivity contribution in [1.29, 1.82) is 0 Å². The quantitative estimate of drug-likeness (QED) is 0.689. The molecule has 0 radical (unpaired) electrons. The molecule has 1 rings (SSSR count). The van der Waals surface area contributed by atoms with Gasteiger partial charge >= 0.3 is 6.03 Å². The zero-order valence-electron chi connectivity index (χ0n) is 11.4. The minimum Gasteiger partial charge on any atom is -0.335 e. The van der Waals surface area contributed by atoms with E-state index in [4.69, 9.17) is 5.73 Å². The first-order valence-electron chi connectivity index (χ1n) is 6.74. The highest BCUT2D eigenvalue weighted by Crippen LogP contribution is 2.18. The Morgan fingerprint density at radius 1 is 1.41 bits per heavy atom. The molecule has 1 aliphatic carbocycles. The molecule has 1 aliphatic rings. The maximum atomic E-state index is 11.9. The lowest BCUT2D eigenvalue weighted by Crippen LogP contribution is -2.56. The van der Waals surface area contributed by atoms with Crippen LogP contribution < -0.4 is 16.4 Å². The topological polar surface area (TPSA) is 67.1 Å². The van der Waals surface area contributed by atoms with Gasteiger partial charge in [-0.2, -0.15) is 0 Å². The first-order chi connectivity index (χ1) is 7.95. The van der Waals surface area contributed by atoms with Crippen LogP contribution in [0.25, 0.3) is 0 Å². The van der Waals surface area contributed by atoms with Crippen molar-refractivity contribution >= 4 is 6.03 Å². The van der Waals surface area contributed by atoms with Crippen LogP contribution in [0, 0.1) is 5.92 Å². The Morgan fingerprint density at radius 2 is 2.00 bits per heavy atom. The van der Waals surface area contributed by atoms with Gasteiger partial charge in [-0.15, -0.1) is 0 Å². The molecule has 17 heavy (non-hydrogen) atoms. The van der Waals surface area contributed by atoms with E-state index < -0.39 is 0 Å². The first-order valence-corrected chi connectivity index (χ1v) is 6.74. The second-order valence-corrected chi connectivity index (χ2v) is 5.94. The van der Waals surface area contributed by atoms with Crippen molar-refractivity contribution in [2.45, 2.75) is 64.5 Å². The molecule has 0 bridgehead atoms. The van der Waals surface area contributed by atoms with E-state index in [1.165, 1.54) is 12.8 Å². The molecule has 0 aliphatic heterocycles. The minimum absolute atomic E-state index is 0.0644. The molecule has 2 amide bonds. The van der Waals surface area contributed by atoms with Crippen molar-refractivity contribution in [2.75, 3.05) is 6.54 Å². The summed E-state index contributed by atoms with van der Waals surface area (Å²) < 4.78 is 0. The van der Waals surface area contributed by atoms with Crippen molar-refractivity contribution in [3.8, 4) is 0 Å². The van der Waals surface area contributed by atoms with E-state index in [1.54, 1.807) is 0 Å². The van der Waals surface area contributed by atoms with E-state index >= 15 is 0 Å². The molecule has 1 atom stereocenters. The fraction of sp³-hybridized carbons (Fsp3) is 0.923. The van der Waals surface area contributed by atoms with Gasteiger partial charge in [0.1, 0.15) is 0 Å². The standard InChI is InChI=1S/C13H27N3O/c1-10(2)8-13(3,9-14)16-12(17)15-11-6-4-5-7-11/h10-11H,4-9,14H2,1-3H3,(H2,15,16,17). The lowest BCUT2D eigenvalue weighted by Gasteiger charge is -2.31. The van der Waals surface area contributed by atoms with Crippen LogP contribution in [0.15, 0.2) is 0 Å². The second-order valence-electron chi connectivity index (χ2n) is 5.94. The SMILES string of the molecule is CC(C)CC(C)(CN)NC(=O)NC1CCCC1. The predicted octanol–water partition coefficient (Wildman–Crippen LogP) is 1.99. The Kier molecular flexibility index (Phi) is 5.25. The van der Waals surface area contributed by atoms with Crippen LogP contribution in [-0.2, 0) is 0 Å². The summed E-state index contributed by atoms with van der Waals surface area (Å²) in [6.45, 7) is 6.78. The normalized spacial score (nSPS) is 20.3. The number of hydrogen-bond acceptors (Lipinski definition) is 2. The Morgan fingerprint density at radius 3 is 2.47 bits per heavy atom. The smallest absolute Gasteiger partial charge is 0.315 e. The van der Waals surface area contributed by atoms with Crippen LogP contribution in [0.1, 0.15) is 52.9 Å². The zero-order valence-corrected chi connectivity index (χ0v) is 11.4. The number of amides is 2. The van der Waals surface area contributed by atoms with Gasteiger partial charge in [-0.3, -0.25) is 0 Å². The molecule has 0 spiro atoms. The summed E-state index contributed by atoms with van der Waals surface area (Å²) in [5, 5.41) is 6.06. The fourth-order valence-electron chi connectivity index (χ4n) is 2.65. The second kappa shape index (κ2) is 6.24. The average Bonchev–Trinajstić information content (AvgIpc) is 2.68. The summed E-state index contributed by atoms with van der Waals surface area (Å²) in [7, 11) is 0. The van der Waals surface area contributed by atoms with Crippen LogP contribution in [0.4, 0.5) is 4.79 Å². The summed E-state index contributed by atoms with van der Waals surface area (Å²) in [6, 6.07) is 0.293. The van der Waals surface area contributed by atoms with Crippen molar-refractivity contribution < 1.29 is 4.79 Å². The van der Waals surface area contributed by atoms with Gasteiger partial charge in [0.05, 0.1) is 5.54 Å². The molecule has 0 saturated heterocycles. The van der Waals surface area contributed by atoms with Gasteiger partial charge in [0.25, 0.3) is 0 Å². The summed E-state index contributed by atoms with van der Waals surface area (Å²) >= 11 is 0. The van der Waals surface area contributed by atoms with Gasteiger partial charge in [-0.25, -0.2) is 4.79 Å². The molecule has 0 aromatic carbocycles. The number of carbonyl (C=O) groups excluding carboxylic acids is 1. The molecule has 4 nitrogen and oxygen atoms in total. The molecule has 0 aromatic heterocycles. The molecule has 0 aromatic rings. The first kappa shape index (κ1) is 14.3. The molecule has 4 N–H and O–H groups in total. The number of nitrogens with two attached hydrogens (primary N) is 1. The van der Waals surface area contributed by atoms with E-state index in [1.807, 2.05) is 6.92 Å². The van der Waals surface area contributed by atoms with Gasteiger partial charge in [0, 0.05) is 12.6 Å². The van der Waals surface area contributed by atoms with Crippen LogP contribution in [0.5, 0.6) is 0 Å². The number of rotatable bonds is 5. The van der Waals surface area contributed by atoms with Gasteiger partial charge in [0.2, 0.25) is 0 Å². The fourth-order valence-corrected chi connectivity index (χ4v) is 2.65. The molecular formula is C13H27N3O. The minimum atomic E-state index is -0.295. The van der Waals surface area contributed by atoms with Crippen LogP contribution in [0.2, 0.25) is 0 Å². The Bertz CT molecular complexity index is 249. The zero-order chi connectivity index (χ0) is 12.9.